The summed E-state index contributed by atoms with van der Waals surface area (Å²) >= 11 is 1.35. The number of carboxylic acid groups (broad SMARTS) is 1. The number of ether oxygens (including phenoxy) is 2. The fourth-order valence-corrected chi connectivity index (χ4v) is 4.14. The lowest BCUT2D eigenvalue weighted by Crippen LogP contribution is -2.56. The van der Waals surface area contributed by atoms with Crippen molar-refractivity contribution in [2.24, 2.45) is 0 Å². The third kappa shape index (κ3) is 4.28. The van der Waals surface area contributed by atoms with E-state index in [1.165, 1.54) is 11.8 Å². The van der Waals surface area contributed by atoms with Crippen LogP contribution in [-0.4, -0.2) is 57.7 Å². The molecule has 1 aromatic rings. The van der Waals surface area contributed by atoms with Gasteiger partial charge in [0.2, 0.25) is 12.1 Å². The lowest BCUT2D eigenvalue weighted by atomic mass is 10.1. The standard InChI is InChI=1S/C18H18N2O7S/c1-10(21)27-17(19-13(22)8-26-11-5-3-2-4-6-11)12-9-28-15-7-14(23)20(15)16(12)18(24)25/h2-6,15,17H,7-9H2,1H3,(H,19,22)(H,24,25)/t15-,17?/m1/s1. The van der Waals surface area contributed by atoms with Gasteiger partial charge in [0.1, 0.15) is 11.4 Å². The molecular weight excluding hydrogens is 388 g/mol. The molecule has 1 saturated heterocycles. The molecule has 0 bridgehead atoms. The summed E-state index contributed by atoms with van der Waals surface area (Å²) in [5.41, 5.74) is -0.111. The number of carbonyl (C=O) groups excluding carboxylic acids is 3. The Morgan fingerprint density at radius 1 is 1.32 bits per heavy atom. The molecule has 9 nitrogen and oxygen atoms in total. The zero-order chi connectivity index (χ0) is 20.3. The van der Waals surface area contributed by atoms with Gasteiger partial charge in [-0.1, -0.05) is 18.2 Å². The van der Waals surface area contributed by atoms with Crippen molar-refractivity contribution in [2.45, 2.75) is 24.9 Å². The highest BCUT2D eigenvalue weighted by atomic mass is 32.2. The first-order valence-corrected chi connectivity index (χ1v) is 9.46. The van der Waals surface area contributed by atoms with E-state index < -0.39 is 24.1 Å². The van der Waals surface area contributed by atoms with Gasteiger partial charge in [0.05, 0.1) is 11.8 Å². The molecule has 0 spiro atoms. The third-order valence-electron chi connectivity index (χ3n) is 4.09. The quantitative estimate of drug-likeness (QED) is 0.386. The molecule has 1 unspecified atom stereocenters. The molecule has 0 aromatic heterocycles. The molecular formula is C18H18N2O7S. The van der Waals surface area contributed by atoms with Crippen molar-refractivity contribution in [3.05, 3.63) is 41.6 Å². The van der Waals surface area contributed by atoms with E-state index in [-0.39, 0.29) is 41.3 Å². The summed E-state index contributed by atoms with van der Waals surface area (Å²) < 4.78 is 10.5. The van der Waals surface area contributed by atoms with E-state index >= 15 is 0 Å². The van der Waals surface area contributed by atoms with Crippen LogP contribution in [0.3, 0.4) is 0 Å². The number of hydrogen-bond donors (Lipinski definition) is 2. The molecule has 2 amide bonds. The smallest absolute Gasteiger partial charge is 0.352 e. The van der Waals surface area contributed by atoms with Crippen molar-refractivity contribution < 1.29 is 33.8 Å². The second kappa shape index (κ2) is 8.34. The molecule has 2 N–H and O–H groups in total. The highest BCUT2D eigenvalue weighted by Crippen LogP contribution is 2.40. The van der Waals surface area contributed by atoms with Gasteiger partial charge in [0.25, 0.3) is 5.91 Å². The van der Waals surface area contributed by atoms with Gasteiger partial charge in [-0.15, -0.1) is 11.8 Å². The number of hydrogen-bond acceptors (Lipinski definition) is 7. The van der Waals surface area contributed by atoms with E-state index in [2.05, 4.69) is 5.32 Å². The number of nitrogens with one attached hydrogen (secondary N) is 1. The van der Waals surface area contributed by atoms with Crippen LogP contribution in [0.1, 0.15) is 13.3 Å². The third-order valence-corrected chi connectivity index (χ3v) is 5.33. The Bertz CT molecular complexity index is 840. The van der Waals surface area contributed by atoms with Gasteiger partial charge in [0, 0.05) is 18.2 Å². The number of thioether (sulfide) groups is 1. The Hall–Kier alpha value is -3.01. The van der Waals surface area contributed by atoms with E-state index in [1.807, 2.05) is 0 Å². The van der Waals surface area contributed by atoms with Gasteiger partial charge >= 0.3 is 11.9 Å². The summed E-state index contributed by atoms with van der Waals surface area (Å²) in [5.74, 6) is -2.27. The first-order valence-electron chi connectivity index (χ1n) is 8.41. The molecule has 0 saturated carbocycles. The number of rotatable bonds is 7. The van der Waals surface area contributed by atoms with Crippen LogP contribution in [-0.2, 0) is 23.9 Å². The Labute approximate surface area is 164 Å². The first kappa shape index (κ1) is 19.7. The predicted octanol–water partition coefficient (Wildman–Crippen LogP) is 0.715. The SMILES string of the molecule is CC(=O)OC(NC(=O)COc1ccccc1)C1=C(C(=O)O)N2C(=O)C[C@H]2SC1. The minimum atomic E-state index is -1.32. The van der Waals surface area contributed by atoms with Crippen LogP contribution < -0.4 is 10.1 Å². The molecule has 2 heterocycles. The molecule has 1 aromatic carbocycles. The molecule has 0 aliphatic carbocycles. The number of amides is 2. The molecule has 2 atom stereocenters. The summed E-state index contributed by atoms with van der Waals surface area (Å²) in [6.07, 6.45) is -1.05. The van der Waals surface area contributed by atoms with Crippen LogP contribution in [0.2, 0.25) is 0 Å². The molecule has 28 heavy (non-hydrogen) atoms. The zero-order valence-corrected chi connectivity index (χ0v) is 15.7. The first-order chi connectivity index (χ1) is 13.4. The summed E-state index contributed by atoms with van der Waals surface area (Å²) in [4.78, 5) is 48.5. The topological polar surface area (TPSA) is 122 Å². The zero-order valence-electron chi connectivity index (χ0n) is 14.9. The van der Waals surface area contributed by atoms with E-state index in [0.29, 0.717) is 5.75 Å². The van der Waals surface area contributed by atoms with Crippen LogP contribution in [0.15, 0.2) is 41.6 Å². The Balaban J connectivity index is 1.77. The van der Waals surface area contributed by atoms with Crippen molar-refractivity contribution in [3.8, 4) is 5.75 Å². The maximum absolute atomic E-state index is 12.3. The van der Waals surface area contributed by atoms with Gasteiger partial charge in [-0.3, -0.25) is 19.3 Å². The molecule has 3 rings (SSSR count). The maximum atomic E-state index is 12.3. The van der Waals surface area contributed by atoms with Gasteiger partial charge in [-0.25, -0.2) is 4.79 Å². The van der Waals surface area contributed by atoms with Crippen molar-refractivity contribution >= 4 is 35.5 Å². The van der Waals surface area contributed by atoms with Crippen molar-refractivity contribution in [1.29, 1.82) is 0 Å². The second-order valence-electron chi connectivity index (χ2n) is 6.07. The summed E-state index contributed by atoms with van der Waals surface area (Å²) in [6.45, 7) is 0.796. The number of fused-ring (bicyclic) bond motifs is 1. The molecule has 0 radical (unpaired) electrons. The largest absolute Gasteiger partial charge is 0.484 e. The number of nitrogens with zero attached hydrogens (tertiary/aromatic N) is 1. The maximum Gasteiger partial charge on any atom is 0.352 e. The van der Waals surface area contributed by atoms with E-state index in [0.717, 1.165) is 11.8 Å². The molecule has 2 aliphatic rings. The highest BCUT2D eigenvalue weighted by Gasteiger charge is 2.47. The van der Waals surface area contributed by atoms with Crippen LogP contribution >= 0.6 is 11.8 Å². The fourth-order valence-electron chi connectivity index (χ4n) is 2.85. The monoisotopic (exact) mass is 406 g/mol. The van der Waals surface area contributed by atoms with Crippen LogP contribution in [0.25, 0.3) is 0 Å². The van der Waals surface area contributed by atoms with E-state index in [1.54, 1.807) is 30.3 Å². The number of β-lactam (4-membered cyclic amide) rings is 1. The normalized spacial score (nSPS) is 19.2. The fraction of sp³-hybridized carbons (Fsp3) is 0.333. The van der Waals surface area contributed by atoms with Gasteiger partial charge in [0.15, 0.2) is 6.61 Å². The van der Waals surface area contributed by atoms with E-state index in [9.17, 15) is 24.3 Å². The number of carboxylic acids is 1. The number of aliphatic carboxylic acids is 1. The predicted molar refractivity (Wildman–Crippen MR) is 98.0 cm³/mol. The van der Waals surface area contributed by atoms with Crippen LogP contribution in [0, 0.1) is 0 Å². The Kier molecular flexibility index (Phi) is 5.88. The summed E-state index contributed by atoms with van der Waals surface area (Å²) in [6, 6.07) is 8.65. The average Bonchev–Trinajstić information content (AvgIpc) is 2.64. The average molecular weight is 406 g/mol. The highest BCUT2D eigenvalue weighted by molar-refractivity contribution is 8.00. The van der Waals surface area contributed by atoms with Crippen LogP contribution in [0.5, 0.6) is 5.75 Å². The van der Waals surface area contributed by atoms with Crippen molar-refractivity contribution in [1.82, 2.24) is 10.2 Å². The van der Waals surface area contributed by atoms with Crippen molar-refractivity contribution in [3.63, 3.8) is 0 Å². The minimum absolute atomic E-state index is 0.144. The van der Waals surface area contributed by atoms with Gasteiger partial charge in [-0.2, -0.15) is 0 Å². The number of benzene rings is 1. The number of esters is 1. The molecule has 10 heteroatoms. The lowest BCUT2D eigenvalue weighted by Gasteiger charge is -2.44. The summed E-state index contributed by atoms with van der Waals surface area (Å²) in [7, 11) is 0. The second-order valence-corrected chi connectivity index (χ2v) is 7.24. The number of carbonyl (C=O) groups is 4. The van der Waals surface area contributed by atoms with Gasteiger partial charge in [-0.05, 0) is 12.1 Å². The lowest BCUT2D eigenvalue weighted by molar-refractivity contribution is -0.149. The van der Waals surface area contributed by atoms with Crippen LogP contribution in [0.4, 0.5) is 0 Å². The van der Waals surface area contributed by atoms with Crippen molar-refractivity contribution in [2.75, 3.05) is 12.4 Å². The molecule has 148 valence electrons. The minimum Gasteiger partial charge on any atom is -0.484 e. The number of para-hydroxylation sites is 1. The molecule has 1 fully saturated rings. The van der Waals surface area contributed by atoms with Gasteiger partial charge < -0.3 is 19.9 Å². The Morgan fingerprint density at radius 3 is 2.64 bits per heavy atom. The Morgan fingerprint density at radius 2 is 2.04 bits per heavy atom. The molecule has 2 aliphatic heterocycles. The van der Waals surface area contributed by atoms with E-state index in [4.69, 9.17) is 9.47 Å². The summed E-state index contributed by atoms with van der Waals surface area (Å²) in [5, 5.41) is 11.8.